The second kappa shape index (κ2) is 7.56. The van der Waals surface area contributed by atoms with Crippen LogP contribution in [0.15, 0.2) is 62.9 Å². The molecule has 0 unspecified atom stereocenters. The Morgan fingerprint density at radius 1 is 1.00 bits per heavy atom. The molecule has 0 radical (unpaired) electrons. The molecule has 2 heterocycles. The van der Waals surface area contributed by atoms with Crippen molar-refractivity contribution in [3.8, 4) is 11.5 Å². The molecule has 1 fully saturated rings. The predicted molar refractivity (Wildman–Crippen MR) is 105 cm³/mol. The van der Waals surface area contributed by atoms with Gasteiger partial charge in [-0.2, -0.15) is 4.98 Å². The molecule has 4 rings (SSSR count). The molecule has 3 aromatic rings. The zero-order valence-corrected chi connectivity index (χ0v) is 16.5. The molecule has 0 spiro atoms. The van der Waals surface area contributed by atoms with Gasteiger partial charge in [0.2, 0.25) is 26.6 Å². The van der Waals surface area contributed by atoms with Crippen LogP contribution in [-0.2, 0) is 9.84 Å². The summed E-state index contributed by atoms with van der Waals surface area (Å²) in [6.45, 7) is 1.37. The lowest BCUT2D eigenvalue weighted by molar-refractivity contribution is 0.499. The number of benzene rings is 2. The number of piperidine rings is 1. The summed E-state index contributed by atoms with van der Waals surface area (Å²) < 4.78 is 45.7. The van der Waals surface area contributed by atoms with Gasteiger partial charge in [-0.05, 0) is 55.7 Å². The molecule has 28 heavy (non-hydrogen) atoms. The van der Waals surface area contributed by atoms with Gasteiger partial charge in [-0.3, -0.25) is 0 Å². The van der Waals surface area contributed by atoms with Gasteiger partial charge in [-0.15, -0.1) is 0 Å². The predicted octanol–water partition coefficient (Wildman–Crippen LogP) is 4.96. The lowest BCUT2D eigenvalue weighted by Gasteiger charge is -2.26. The number of hydrogen-bond acceptors (Lipinski definition) is 5. The van der Waals surface area contributed by atoms with Crippen LogP contribution in [-0.4, -0.2) is 26.5 Å². The second-order valence-corrected chi connectivity index (χ2v) is 8.89. The molecule has 0 saturated carbocycles. The molecule has 0 amide bonds. The molecule has 0 N–H and O–H groups in total. The molecule has 8 heteroatoms. The third-order valence-electron chi connectivity index (χ3n) is 4.71. The maximum Gasteiger partial charge on any atom is 0.236 e. The van der Waals surface area contributed by atoms with Crippen molar-refractivity contribution < 1.29 is 17.2 Å². The van der Waals surface area contributed by atoms with Crippen molar-refractivity contribution in [1.82, 2.24) is 4.98 Å². The Labute approximate surface area is 167 Å². The molecule has 0 bridgehead atoms. The number of halogens is 2. The van der Waals surface area contributed by atoms with Crippen LogP contribution in [0.5, 0.6) is 0 Å². The topological polar surface area (TPSA) is 63.4 Å². The van der Waals surface area contributed by atoms with E-state index in [1.807, 2.05) is 4.90 Å². The first-order valence-corrected chi connectivity index (χ1v) is 10.8. The van der Waals surface area contributed by atoms with E-state index in [-0.39, 0.29) is 21.7 Å². The van der Waals surface area contributed by atoms with E-state index in [2.05, 4.69) is 4.98 Å². The van der Waals surface area contributed by atoms with E-state index in [4.69, 9.17) is 16.0 Å². The molecule has 1 aliphatic heterocycles. The average molecular weight is 421 g/mol. The maximum atomic E-state index is 13.3. The van der Waals surface area contributed by atoms with E-state index >= 15 is 0 Å². The van der Waals surface area contributed by atoms with Crippen LogP contribution in [0.2, 0.25) is 5.02 Å². The van der Waals surface area contributed by atoms with Gasteiger partial charge in [0.25, 0.3) is 0 Å². The standard InChI is InChI=1S/C20H18ClFN2O3S/c21-17-7-3-2-6-16(17)18-23-19(20(27-18)24-12-4-1-5-13-24)28(25,26)15-10-8-14(22)9-11-15/h2-3,6-11H,1,4-5,12-13H2. The molecule has 2 aromatic carbocycles. The van der Waals surface area contributed by atoms with Gasteiger partial charge < -0.3 is 9.32 Å². The zero-order chi connectivity index (χ0) is 19.7. The minimum Gasteiger partial charge on any atom is -0.419 e. The van der Waals surface area contributed by atoms with Crippen LogP contribution in [0.4, 0.5) is 10.3 Å². The highest BCUT2D eigenvalue weighted by Gasteiger charge is 2.32. The first-order valence-electron chi connectivity index (χ1n) is 8.98. The van der Waals surface area contributed by atoms with Crippen molar-refractivity contribution in [1.29, 1.82) is 0 Å². The van der Waals surface area contributed by atoms with Crippen molar-refractivity contribution in [2.75, 3.05) is 18.0 Å². The van der Waals surface area contributed by atoms with Crippen LogP contribution >= 0.6 is 11.6 Å². The molecular weight excluding hydrogens is 403 g/mol. The van der Waals surface area contributed by atoms with E-state index < -0.39 is 15.7 Å². The normalized spacial score (nSPS) is 15.0. The van der Waals surface area contributed by atoms with E-state index in [0.717, 1.165) is 31.4 Å². The van der Waals surface area contributed by atoms with Crippen LogP contribution in [0.3, 0.4) is 0 Å². The number of anilines is 1. The third kappa shape index (κ3) is 3.52. The zero-order valence-electron chi connectivity index (χ0n) is 14.9. The Balaban J connectivity index is 1.87. The van der Waals surface area contributed by atoms with Crippen LogP contribution in [0.25, 0.3) is 11.5 Å². The molecule has 146 valence electrons. The summed E-state index contributed by atoms with van der Waals surface area (Å²) in [6.07, 6.45) is 2.97. The van der Waals surface area contributed by atoms with Crippen LogP contribution in [0.1, 0.15) is 19.3 Å². The van der Waals surface area contributed by atoms with Crippen LogP contribution in [0, 0.1) is 5.82 Å². The smallest absolute Gasteiger partial charge is 0.236 e. The van der Waals surface area contributed by atoms with Gasteiger partial charge in [0.05, 0.1) is 15.5 Å². The van der Waals surface area contributed by atoms with Crippen molar-refractivity contribution in [2.24, 2.45) is 0 Å². The summed E-state index contributed by atoms with van der Waals surface area (Å²) in [6, 6.07) is 11.7. The fourth-order valence-corrected chi connectivity index (χ4v) is 4.78. The quantitative estimate of drug-likeness (QED) is 0.558. The van der Waals surface area contributed by atoms with Crippen LogP contribution < -0.4 is 4.90 Å². The van der Waals surface area contributed by atoms with Crippen molar-refractivity contribution in [3.63, 3.8) is 0 Å². The summed E-state index contributed by atoms with van der Waals surface area (Å²) in [4.78, 5) is 6.17. The van der Waals surface area contributed by atoms with Gasteiger partial charge in [0.1, 0.15) is 5.82 Å². The molecule has 0 atom stereocenters. The maximum absolute atomic E-state index is 13.3. The summed E-state index contributed by atoms with van der Waals surface area (Å²) in [5.41, 5.74) is 0.517. The van der Waals surface area contributed by atoms with E-state index in [1.165, 1.54) is 12.1 Å². The highest BCUT2D eigenvalue weighted by molar-refractivity contribution is 7.91. The number of aromatic nitrogens is 1. The van der Waals surface area contributed by atoms with Crippen molar-refractivity contribution in [2.45, 2.75) is 29.2 Å². The lowest BCUT2D eigenvalue weighted by atomic mass is 10.1. The Morgan fingerprint density at radius 2 is 1.68 bits per heavy atom. The summed E-state index contributed by atoms with van der Waals surface area (Å²) in [5, 5.41) is 0.246. The summed E-state index contributed by atoms with van der Waals surface area (Å²) in [7, 11) is -3.99. The SMILES string of the molecule is O=S(=O)(c1ccc(F)cc1)c1nc(-c2ccccc2Cl)oc1N1CCCCC1. The fourth-order valence-electron chi connectivity index (χ4n) is 3.25. The van der Waals surface area contributed by atoms with Gasteiger partial charge in [-0.1, -0.05) is 23.7 Å². The lowest BCUT2D eigenvalue weighted by Crippen LogP contribution is -2.30. The van der Waals surface area contributed by atoms with E-state index in [1.54, 1.807) is 24.3 Å². The van der Waals surface area contributed by atoms with Gasteiger partial charge >= 0.3 is 0 Å². The van der Waals surface area contributed by atoms with Crippen molar-refractivity contribution >= 4 is 27.3 Å². The van der Waals surface area contributed by atoms with Gasteiger partial charge in [-0.25, -0.2) is 12.8 Å². The number of oxazole rings is 1. The second-order valence-electron chi connectivity index (χ2n) is 6.61. The first kappa shape index (κ1) is 19.0. The summed E-state index contributed by atoms with van der Waals surface area (Å²) >= 11 is 6.25. The molecule has 1 aromatic heterocycles. The molecule has 1 saturated heterocycles. The molecular formula is C20H18ClFN2O3S. The minimum atomic E-state index is -3.99. The number of hydrogen-bond donors (Lipinski definition) is 0. The molecule has 5 nitrogen and oxygen atoms in total. The molecule has 0 aliphatic carbocycles. The highest BCUT2D eigenvalue weighted by Crippen LogP contribution is 2.37. The van der Waals surface area contributed by atoms with Crippen molar-refractivity contribution in [3.05, 3.63) is 59.4 Å². The Kier molecular flexibility index (Phi) is 5.12. The largest absolute Gasteiger partial charge is 0.419 e. The number of rotatable bonds is 4. The Hall–Kier alpha value is -2.38. The average Bonchev–Trinajstić information content (AvgIpc) is 3.15. The molecule has 1 aliphatic rings. The Morgan fingerprint density at radius 3 is 2.36 bits per heavy atom. The van der Waals surface area contributed by atoms with E-state index in [0.29, 0.717) is 23.7 Å². The fraction of sp³-hybridized carbons (Fsp3) is 0.250. The minimum absolute atomic E-state index is 0.0360. The first-order chi connectivity index (χ1) is 13.5. The van der Waals surface area contributed by atoms with Gasteiger partial charge in [0.15, 0.2) is 0 Å². The Bertz CT molecular complexity index is 1090. The number of nitrogens with zero attached hydrogens (tertiary/aromatic N) is 2. The third-order valence-corrected chi connectivity index (χ3v) is 6.70. The highest BCUT2D eigenvalue weighted by atomic mass is 35.5. The number of sulfone groups is 1. The van der Waals surface area contributed by atoms with E-state index in [9.17, 15) is 12.8 Å². The monoisotopic (exact) mass is 420 g/mol. The van der Waals surface area contributed by atoms with Gasteiger partial charge in [0, 0.05) is 13.1 Å². The summed E-state index contributed by atoms with van der Waals surface area (Å²) in [5.74, 6) is -0.155.